The van der Waals surface area contributed by atoms with Crippen LogP contribution in [0.15, 0.2) is 158 Å². The lowest BCUT2D eigenvalue weighted by Gasteiger charge is -2.13. The first-order valence-electron chi connectivity index (χ1n) is 14.4. The van der Waals surface area contributed by atoms with Crippen LogP contribution in [0.25, 0.3) is 72.4 Å². The summed E-state index contributed by atoms with van der Waals surface area (Å²) in [7, 11) is 0. The molecule has 0 aliphatic heterocycles. The van der Waals surface area contributed by atoms with E-state index in [0.29, 0.717) is 0 Å². The predicted octanol–water partition coefficient (Wildman–Crippen LogP) is 9.64. The first-order valence-corrected chi connectivity index (χ1v) is 14.4. The minimum Gasteiger partial charge on any atom is -0.308 e. The minimum absolute atomic E-state index is 0.840. The fourth-order valence-electron chi connectivity index (χ4n) is 5.88. The van der Waals surface area contributed by atoms with Crippen molar-refractivity contribution < 1.29 is 0 Å². The lowest BCUT2D eigenvalue weighted by atomic mass is 9.98. The Morgan fingerprint density at radius 1 is 0.419 bits per heavy atom. The van der Waals surface area contributed by atoms with Gasteiger partial charge in [0.1, 0.15) is 0 Å². The van der Waals surface area contributed by atoms with Gasteiger partial charge in [-0.15, -0.1) is 0 Å². The summed E-state index contributed by atoms with van der Waals surface area (Å²) in [5, 5.41) is 2.40. The van der Waals surface area contributed by atoms with Gasteiger partial charge in [-0.25, -0.2) is 4.98 Å². The highest BCUT2D eigenvalue weighted by molar-refractivity contribution is 6.09. The number of pyridine rings is 3. The lowest BCUT2D eigenvalue weighted by Crippen LogP contribution is -1.96. The van der Waals surface area contributed by atoms with Gasteiger partial charge in [0, 0.05) is 34.4 Å². The zero-order chi connectivity index (χ0) is 28.6. The fourth-order valence-corrected chi connectivity index (χ4v) is 5.88. The van der Waals surface area contributed by atoms with Gasteiger partial charge in [0.05, 0.1) is 34.3 Å². The highest BCUT2D eigenvalue weighted by Crippen LogP contribution is 2.34. The Morgan fingerprint density at radius 3 is 1.95 bits per heavy atom. The van der Waals surface area contributed by atoms with Crippen molar-refractivity contribution in [3.63, 3.8) is 0 Å². The molecule has 4 heterocycles. The quantitative estimate of drug-likeness (QED) is 0.214. The molecule has 8 aromatic rings. The summed E-state index contributed by atoms with van der Waals surface area (Å²) in [5.41, 5.74) is 11.5. The normalized spacial score (nSPS) is 11.3. The van der Waals surface area contributed by atoms with E-state index >= 15 is 0 Å². The number of hydrogen-bond acceptors (Lipinski definition) is 3. The van der Waals surface area contributed by atoms with E-state index in [9.17, 15) is 0 Å². The van der Waals surface area contributed by atoms with E-state index in [1.165, 1.54) is 21.9 Å². The van der Waals surface area contributed by atoms with Gasteiger partial charge in [-0.1, -0.05) is 91.0 Å². The molecule has 8 rings (SSSR count). The average Bonchev–Trinajstić information content (AvgIpc) is 3.43. The topological polar surface area (TPSA) is 43.6 Å². The standard InChI is InChI=1S/C39H26N4/c1-2-9-27(10-3-1)28-16-18-29(19-17-28)31-24-36(42-37(25-31)35-14-6-7-21-41-35)30-11-8-12-32(23-30)43-38-15-5-4-13-33(38)34-20-22-40-26-39(34)43/h1-26H. The van der Waals surface area contributed by atoms with Gasteiger partial charge in [0.15, 0.2) is 0 Å². The van der Waals surface area contributed by atoms with E-state index < -0.39 is 0 Å². The summed E-state index contributed by atoms with van der Waals surface area (Å²) in [6.45, 7) is 0. The fraction of sp³-hybridized carbons (Fsp3) is 0. The van der Waals surface area contributed by atoms with Crippen LogP contribution in [0.4, 0.5) is 0 Å². The van der Waals surface area contributed by atoms with Crippen molar-refractivity contribution in [1.29, 1.82) is 0 Å². The molecule has 4 aromatic heterocycles. The molecule has 0 atom stereocenters. The summed E-state index contributed by atoms with van der Waals surface area (Å²) in [6.07, 6.45) is 5.62. The molecular weight excluding hydrogens is 524 g/mol. The summed E-state index contributed by atoms with van der Waals surface area (Å²) >= 11 is 0. The molecule has 0 saturated carbocycles. The number of benzene rings is 4. The average molecular weight is 551 g/mol. The molecule has 0 fully saturated rings. The van der Waals surface area contributed by atoms with Crippen molar-refractivity contribution in [2.45, 2.75) is 0 Å². The number of para-hydroxylation sites is 1. The van der Waals surface area contributed by atoms with Crippen molar-refractivity contribution in [3.05, 3.63) is 158 Å². The summed E-state index contributed by atoms with van der Waals surface area (Å²) in [4.78, 5) is 14.2. The van der Waals surface area contributed by atoms with Gasteiger partial charge in [-0.3, -0.25) is 9.97 Å². The highest BCUT2D eigenvalue weighted by atomic mass is 15.0. The zero-order valence-corrected chi connectivity index (χ0v) is 23.3. The van der Waals surface area contributed by atoms with Crippen LogP contribution in [-0.4, -0.2) is 19.5 Å². The van der Waals surface area contributed by atoms with E-state index in [-0.39, 0.29) is 0 Å². The monoisotopic (exact) mass is 550 g/mol. The Kier molecular flexibility index (Phi) is 6.08. The Balaban J connectivity index is 1.27. The molecule has 0 N–H and O–H groups in total. The van der Waals surface area contributed by atoms with E-state index in [1.54, 1.807) is 0 Å². The molecule has 0 aliphatic rings. The molecule has 0 spiro atoms. The van der Waals surface area contributed by atoms with Crippen molar-refractivity contribution in [2.24, 2.45) is 0 Å². The Hall–Kier alpha value is -5.87. The van der Waals surface area contributed by atoms with E-state index in [1.807, 2.05) is 42.9 Å². The number of hydrogen-bond donors (Lipinski definition) is 0. The third-order valence-electron chi connectivity index (χ3n) is 7.95. The minimum atomic E-state index is 0.840. The summed E-state index contributed by atoms with van der Waals surface area (Å²) < 4.78 is 2.28. The van der Waals surface area contributed by atoms with Crippen LogP contribution in [0.3, 0.4) is 0 Å². The molecule has 0 amide bonds. The Labute approximate surface area is 249 Å². The number of aromatic nitrogens is 4. The van der Waals surface area contributed by atoms with E-state index in [0.717, 1.165) is 50.5 Å². The van der Waals surface area contributed by atoms with E-state index in [2.05, 4.69) is 130 Å². The molecule has 0 bridgehead atoms. The highest BCUT2D eigenvalue weighted by Gasteiger charge is 2.14. The van der Waals surface area contributed by atoms with Crippen molar-refractivity contribution >= 4 is 21.8 Å². The van der Waals surface area contributed by atoms with Crippen LogP contribution < -0.4 is 0 Å². The number of fused-ring (bicyclic) bond motifs is 3. The van der Waals surface area contributed by atoms with Gasteiger partial charge in [0.25, 0.3) is 0 Å². The number of rotatable bonds is 5. The van der Waals surface area contributed by atoms with Crippen LogP contribution in [0, 0.1) is 0 Å². The summed E-state index contributed by atoms with van der Waals surface area (Å²) in [6, 6.07) is 48.6. The largest absolute Gasteiger partial charge is 0.308 e. The Morgan fingerprint density at radius 2 is 1.12 bits per heavy atom. The molecule has 4 aromatic carbocycles. The predicted molar refractivity (Wildman–Crippen MR) is 176 cm³/mol. The van der Waals surface area contributed by atoms with Crippen molar-refractivity contribution in [3.8, 4) is 50.6 Å². The van der Waals surface area contributed by atoms with E-state index in [4.69, 9.17) is 4.98 Å². The number of nitrogens with zero attached hydrogens (tertiary/aromatic N) is 4. The van der Waals surface area contributed by atoms with Crippen LogP contribution in [0.5, 0.6) is 0 Å². The Bertz CT molecular complexity index is 2160. The van der Waals surface area contributed by atoms with Crippen LogP contribution >= 0.6 is 0 Å². The molecule has 4 nitrogen and oxygen atoms in total. The molecule has 0 radical (unpaired) electrons. The SMILES string of the molecule is c1ccc(-c2ccc(-c3cc(-c4cccc(-n5c6ccccc6c6ccncc65)c4)nc(-c4ccccn4)c3)cc2)cc1. The molecule has 0 unspecified atom stereocenters. The van der Waals surface area contributed by atoms with Gasteiger partial charge in [-0.05, 0) is 70.8 Å². The second kappa shape index (κ2) is 10.5. The third-order valence-corrected chi connectivity index (χ3v) is 7.95. The molecule has 0 saturated heterocycles. The molecule has 4 heteroatoms. The van der Waals surface area contributed by atoms with Crippen molar-refractivity contribution in [2.75, 3.05) is 0 Å². The van der Waals surface area contributed by atoms with Gasteiger partial charge < -0.3 is 4.57 Å². The summed E-state index contributed by atoms with van der Waals surface area (Å²) in [5.74, 6) is 0. The molecule has 0 aliphatic carbocycles. The van der Waals surface area contributed by atoms with Crippen molar-refractivity contribution in [1.82, 2.24) is 19.5 Å². The lowest BCUT2D eigenvalue weighted by molar-refractivity contribution is 1.16. The molecule has 202 valence electrons. The van der Waals surface area contributed by atoms with Crippen LogP contribution in [0.2, 0.25) is 0 Å². The van der Waals surface area contributed by atoms with Gasteiger partial charge in [-0.2, -0.15) is 0 Å². The van der Waals surface area contributed by atoms with Gasteiger partial charge >= 0.3 is 0 Å². The first-order chi connectivity index (χ1) is 21.3. The molecule has 43 heavy (non-hydrogen) atoms. The second-order valence-electron chi connectivity index (χ2n) is 10.6. The first kappa shape index (κ1) is 24.9. The second-order valence-corrected chi connectivity index (χ2v) is 10.6. The van der Waals surface area contributed by atoms with Crippen LogP contribution in [-0.2, 0) is 0 Å². The van der Waals surface area contributed by atoms with Crippen LogP contribution in [0.1, 0.15) is 0 Å². The maximum absolute atomic E-state index is 5.13. The third kappa shape index (κ3) is 4.55. The maximum atomic E-state index is 5.13. The maximum Gasteiger partial charge on any atom is 0.0899 e. The smallest absolute Gasteiger partial charge is 0.0899 e. The zero-order valence-electron chi connectivity index (χ0n) is 23.3. The molecular formula is C39H26N4. The van der Waals surface area contributed by atoms with Gasteiger partial charge in [0.2, 0.25) is 0 Å².